The van der Waals surface area contributed by atoms with Crippen molar-refractivity contribution in [1.82, 2.24) is 0 Å². The van der Waals surface area contributed by atoms with E-state index in [1.54, 1.807) is 18.2 Å². The van der Waals surface area contributed by atoms with Gasteiger partial charge in [-0.1, -0.05) is 11.6 Å². The average molecular weight is 429 g/mol. The van der Waals surface area contributed by atoms with Crippen LogP contribution in [-0.2, 0) is 0 Å². The van der Waals surface area contributed by atoms with Gasteiger partial charge in [0.25, 0.3) is 0 Å². The zero-order valence-electron chi connectivity index (χ0n) is 10.3. The number of hydrogen-bond acceptors (Lipinski definition) is 3. The van der Waals surface area contributed by atoms with Crippen molar-refractivity contribution in [2.24, 2.45) is 0 Å². The third-order valence-electron chi connectivity index (χ3n) is 2.52. The van der Waals surface area contributed by atoms with Gasteiger partial charge in [0.2, 0.25) is 0 Å². The quantitative estimate of drug-likeness (QED) is 0.532. The molecule has 0 atom stereocenters. The molecule has 0 bridgehead atoms. The van der Waals surface area contributed by atoms with Crippen molar-refractivity contribution in [3.8, 4) is 5.75 Å². The van der Waals surface area contributed by atoms with Crippen molar-refractivity contribution in [3.05, 3.63) is 44.7 Å². The molecular formula is C13H9ClF3IN2O. The second-order valence-corrected chi connectivity index (χ2v) is 5.60. The van der Waals surface area contributed by atoms with Crippen LogP contribution in [0.1, 0.15) is 0 Å². The first-order chi connectivity index (χ1) is 9.86. The Hall–Kier alpha value is -1.35. The Morgan fingerprint density at radius 1 is 1.19 bits per heavy atom. The molecule has 0 unspecified atom stereocenters. The van der Waals surface area contributed by atoms with E-state index in [-0.39, 0.29) is 11.4 Å². The maximum absolute atomic E-state index is 13.5. The summed E-state index contributed by atoms with van der Waals surface area (Å²) < 4.78 is 42.8. The molecule has 3 N–H and O–H groups in total. The second kappa shape index (κ2) is 6.61. The normalized spacial score (nSPS) is 10.8. The molecule has 2 aromatic carbocycles. The van der Waals surface area contributed by atoms with Gasteiger partial charge in [-0.25, -0.2) is 4.39 Å². The third kappa shape index (κ3) is 4.07. The first-order valence-electron chi connectivity index (χ1n) is 5.62. The summed E-state index contributed by atoms with van der Waals surface area (Å²) in [5, 5.41) is 3.48. The largest absolute Gasteiger partial charge is 0.432 e. The van der Waals surface area contributed by atoms with E-state index < -0.39 is 18.2 Å². The summed E-state index contributed by atoms with van der Waals surface area (Å²) in [6.07, 6.45) is 0. The molecule has 0 aliphatic rings. The molecule has 8 heteroatoms. The van der Waals surface area contributed by atoms with Crippen LogP contribution in [0.2, 0.25) is 5.02 Å². The number of nitrogens with one attached hydrogen (secondary N) is 1. The average Bonchev–Trinajstić information content (AvgIpc) is 2.37. The number of hydrogen-bond donors (Lipinski definition) is 2. The van der Waals surface area contributed by atoms with E-state index in [2.05, 4.69) is 10.1 Å². The summed E-state index contributed by atoms with van der Waals surface area (Å²) in [4.78, 5) is 0. The van der Waals surface area contributed by atoms with E-state index in [0.29, 0.717) is 10.7 Å². The zero-order chi connectivity index (χ0) is 15.6. The van der Waals surface area contributed by atoms with Crippen LogP contribution in [0.25, 0.3) is 0 Å². The van der Waals surface area contributed by atoms with Crippen LogP contribution < -0.4 is 15.8 Å². The lowest BCUT2D eigenvalue weighted by atomic mass is 10.2. The third-order valence-corrected chi connectivity index (χ3v) is 3.65. The van der Waals surface area contributed by atoms with Gasteiger partial charge in [0.1, 0.15) is 0 Å². The van der Waals surface area contributed by atoms with Crippen LogP contribution in [0, 0.1) is 9.39 Å². The number of rotatable bonds is 4. The van der Waals surface area contributed by atoms with E-state index in [9.17, 15) is 13.2 Å². The maximum atomic E-state index is 13.5. The number of ether oxygens (including phenoxy) is 1. The van der Waals surface area contributed by atoms with Crippen molar-refractivity contribution >= 4 is 51.3 Å². The highest BCUT2D eigenvalue weighted by Crippen LogP contribution is 2.33. The Kier molecular flexibility index (Phi) is 5.04. The summed E-state index contributed by atoms with van der Waals surface area (Å²) in [5.74, 6) is -1.53. The summed E-state index contributed by atoms with van der Waals surface area (Å²) in [6, 6.07) is 7.06. The first kappa shape index (κ1) is 16.0. The van der Waals surface area contributed by atoms with E-state index in [1.165, 1.54) is 0 Å². The molecule has 2 aromatic rings. The predicted molar refractivity (Wildman–Crippen MR) is 84.9 cm³/mol. The van der Waals surface area contributed by atoms with Crippen LogP contribution >= 0.6 is 34.2 Å². The van der Waals surface area contributed by atoms with E-state index in [1.807, 2.05) is 22.6 Å². The molecule has 3 nitrogen and oxygen atoms in total. The maximum Gasteiger partial charge on any atom is 0.387 e. The minimum atomic E-state index is -3.12. The van der Waals surface area contributed by atoms with Gasteiger partial charge >= 0.3 is 6.61 Å². The van der Waals surface area contributed by atoms with Gasteiger partial charge in [0.05, 0.1) is 17.1 Å². The minimum Gasteiger partial charge on any atom is -0.432 e. The SMILES string of the molecule is Nc1cc(F)c(OC(F)F)cc1Nc1ccc(Cl)cc1I. The second-order valence-electron chi connectivity index (χ2n) is 4.00. The van der Waals surface area contributed by atoms with Gasteiger partial charge in [-0.3, -0.25) is 0 Å². The molecule has 0 aliphatic carbocycles. The monoisotopic (exact) mass is 428 g/mol. The Bertz CT molecular complexity index is 670. The molecule has 0 aliphatic heterocycles. The molecule has 0 spiro atoms. The van der Waals surface area contributed by atoms with Crippen LogP contribution in [-0.4, -0.2) is 6.61 Å². The number of halogens is 5. The van der Waals surface area contributed by atoms with Gasteiger partial charge in [0, 0.05) is 20.7 Å². The fourth-order valence-electron chi connectivity index (χ4n) is 1.60. The highest BCUT2D eigenvalue weighted by Gasteiger charge is 2.14. The fourth-order valence-corrected chi connectivity index (χ4v) is 2.61. The molecule has 0 amide bonds. The zero-order valence-corrected chi connectivity index (χ0v) is 13.3. The van der Waals surface area contributed by atoms with Gasteiger partial charge in [-0.05, 0) is 40.8 Å². The Morgan fingerprint density at radius 3 is 2.52 bits per heavy atom. The van der Waals surface area contributed by atoms with E-state index in [0.717, 1.165) is 15.7 Å². The lowest BCUT2D eigenvalue weighted by Crippen LogP contribution is -2.06. The molecule has 2 rings (SSSR count). The van der Waals surface area contributed by atoms with Crippen molar-refractivity contribution < 1.29 is 17.9 Å². The summed E-state index contributed by atoms with van der Waals surface area (Å²) in [6.45, 7) is -3.12. The molecule has 0 radical (unpaired) electrons. The van der Waals surface area contributed by atoms with Gasteiger partial charge in [-0.15, -0.1) is 0 Å². The van der Waals surface area contributed by atoms with E-state index in [4.69, 9.17) is 17.3 Å². The lowest BCUT2D eigenvalue weighted by Gasteiger charge is -2.14. The summed E-state index contributed by atoms with van der Waals surface area (Å²) in [5.41, 5.74) is 6.65. The molecule has 0 saturated carbocycles. The van der Waals surface area contributed by atoms with Crippen LogP contribution in [0.3, 0.4) is 0 Å². The van der Waals surface area contributed by atoms with Crippen molar-refractivity contribution in [1.29, 1.82) is 0 Å². The first-order valence-corrected chi connectivity index (χ1v) is 7.08. The number of nitrogens with two attached hydrogens (primary N) is 1. The van der Waals surface area contributed by atoms with Gasteiger partial charge in [0.15, 0.2) is 11.6 Å². The Balaban J connectivity index is 2.34. The Morgan fingerprint density at radius 2 is 1.90 bits per heavy atom. The smallest absolute Gasteiger partial charge is 0.387 e. The Labute approximate surface area is 137 Å². The van der Waals surface area contributed by atoms with Crippen LogP contribution in [0.15, 0.2) is 30.3 Å². The van der Waals surface area contributed by atoms with Gasteiger partial charge < -0.3 is 15.8 Å². The van der Waals surface area contributed by atoms with Crippen molar-refractivity contribution in [2.45, 2.75) is 6.61 Å². The number of anilines is 3. The van der Waals surface area contributed by atoms with Crippen LogP contribution in [0.5, 0.6) is 5.75 Å². The van der Waals surface area contributed by atoms with Crippen molar-refractivity contribution in [3.63, 3.8) is 0 Å². The number of alkyl halides is 2. The summed E-state index contributed by atoms with van der Waals surface area (Å²) >= 11 is 7.89. The molecule has 0 heterocycles. The molecule has 0 saturated heterocycles. The number of nitrogen functional groups attached to an aromatic ring is 1. The molecule has 0 aromatic heterocycles. The van der Waals surface area contributed by atoms with Crippen molar-refractivity contribution in [2.75, 3.05) is 11.1 Å². The van der Waals surface area contributed by atoms with Gasteiger partial charge in [-0.2, -0.15) is 8.78 Å². The topological polar surface area (TPSA) is 47.3 Å². The number of benzene rings is 2. The summed E-state index contributed by atoms with van der Waals surface area (Å²) in [7, 11) is 0. The molecule has 21 heavy (non-hydrogen) atoms. The van der Waals surface area contributed by atoms with Crippen LogP contribution in [0.4, 0.5) is 30.2 Å². The molecule has 112 valence electrons. The highest BCUT2D eigenvalue weighted by atomic mass is 127. The lowest BCUT2D eigenvalue weighted by molar-refractivity contribution is -0.0521. The standard InChI is InChI=1S/C13H9ClF3IN2O/c14-6-1-2-10(8(18)3-6)20-11-5-12(21-13(16)17)7(15)4-9(11)19/h1-5,13,20H,19H2. The molecule has 0 fully saturated rings. The minimum absolute atomic E-state index is 0.0693. The highest BCUT2D eigenvalue weighted by molar-refractivity contribution is 14.1. The van der Waals surface area contributed by atoms with E-state index >= 15 is 0 Å². The fraction of sp³-hybridized carbons (Fsp3) is 0.0769. The molecular weight excluding hydrogens is 420 g/mol. The predicted octanol–water partition coefficient (Wildman–Crippen LogP) is 5.01.